The maximum absolute atomic E-state index is 13.1. The van der Waals surface area contributed by atoms with Crippen LogP contribution in [0.1, 0.15) is 70.0 Å². The summed E-state index contributed by atoms with van der Waals surface area (Å²) in [5.74, 6) is -2.89. The number of hydrogen-bond donors (Lipinski definition) is 1. The highest BCUT2D eigenvalue weighted by atomic mass is 19.3. The second kappa shape index (κ2) is 5.85. The van der Waals surface area contributed by atoms with E-state index >= 15 is 0 Å². The SMILES string of the molecule is CC(C)(C)c1nc2c(c(=O)[nH]1)CCC21CCN(C(=O)CC2CC2(F)F)CC1. The Balaban J connectivity index is 1.51. The van der Waals surface area contributed by atoms with Gasteiger partial charge in [-0.3, -0.25) is 9.59 Å². The molecule has 1 unspecified atom stereocenters. The Labute approximate surface area is 157 Å². The van der Waals surface area contributed by atoms with E-state index in [1.165, 1.54) is 0 Å². The number of piperidine rings is 1. The van der Waals surface area contributed by atoms with E-state index in [1.54, 1.807) is 4.90 Å². The number of aromatic nitrogens is 2. The van der Waals surface area contributed by atoms with Gasteiger partial charge in [0.15, 0.2) is 0 Å². The molecular weight excluding hydrogens is 352 g/mol. The topological polar surface area (TPSA) is 66.1 Å². The Hall–Kier alpha value is -1.79. The summed E-state index contributed by atoms with van der Waals surface area (Å²) in [5, 5.41) is 0. The number of fused-ring (bicyclic) bond motifs is 2. The van der Waals surface area contributed by atoms with Crippen molar-refractivity contribution in [1.29, 1.82) is 0 Å². The molecule has 4 rings (SSSR count). The van der Waals surface area contributed by atoms with Gasteiger partial charge in [0.25, 0.3) is 11.5 Å². The van der Waals surface area contributed by atoms with Gasteiger partial charge in [-0.25, -0.2) is 13.8 Å². The minimum Gasteiger partial charge on any atom is -0.343 e. The summed E-state index contributed by atoms with van der Waals surface area (Å²) in [4.78, 5) is 34.4. The van der Waals surface area contributed by atoms with Crippen LogP contribution in [0.5, 0.6) is 0 Å². The second-order valence-corrected chi connectivity index (χ2v) is 9.52. The molecule has 2 heterocycles. The number of likely N-dealkylation sites (tertiary alicyclic amines) is 1. The summed E-state index contributed by atoms with van der Waals surface area (Å²) in [5.41, 5.74) is 1.22. The van der Waals surface area contributed by atoms with E-state index in [0.717, 1.165) is 30.5 Å². The van der Waals surface area contributed by atoms with Gasteiger partial charge < -0.3 is 9.88 Å². The Morgan fingerprint density at radius 1 is 1.26 bits per heavy atom. The highest BCUT2D eigenvalue weighted by molar-refractivity contribution is 5.77. The standard InChI is InChI=1S/C20H27F2N3O2/c1-18(2,3)17-23-15-13(16(27)24-17)4-5-19(15)6-8-25(9-7-19)14(26)10-12-11-20(12,21)22/h12H,4-11H2,1-3H3,(H,23,24,27). The second-order valence-electron chi connectivity index (χ2n) is 9.52. The Morgan fingerprint density at radius 2 is 1.89 bits per heavy atom. The molecule has 1 atom stereocenters. The predicted molar refractivity (Wildman–Crippen MR) is 97.0 cm³/mol. The van der Waals surface area contributed by atoms with Crippen LogP contribution >= 0.6 is 0 Å². The first kappa shape index (κ1) is 18.6. The van der Waals surface area contributed by atoms with Crippen LogP contribution < -0.4 is 5.56 Å². The fourth-order valence-corrected chi connectivity index (χ4v) is 4.51. The fraction of sp³-hybridized carbons (Fsp3) is 0.750. The van der Waals surface area contributed by atoms with Gasteiger partial charge in [0.2, 0.25) is 5.91 Å². The number of rotatable bonds is 2. The van der Waals surface area contributed by atoms with Crippen LogP contribution in [-0.4, -0.2) is 39.8 Å². The van der Waals surface area contributed by atoms with Crippen LogP contribution in [0.15, 0.2) is 4.79 Å². The molecule has 0 aromatic carbocycles. The molecule has 1 spiro atoms. The van der Waals surface area contributed by atoms with E-state index in [4.69, 9.17) is 4.98 Å². The van der Waals surface area contributed by atoms with E-state index in [9.17, 15) is 18.4 Å². The predicted octanol–water partition coefficient (Wildman–Crippen LogP) is 2.92. The van der Waals surface area contributed by atoms with Crippen LogP contribution in [-0.2, 0) is 22.0 Å². The van der Waals surface area contributed by atoms with Gasteiger partial charge in [0.05, 0.1) is 5.69 Å². The third kappa shape index (κ3) is 3.19. The lowest BCUT2D eigenvalue weighted by Crippen LogP contribution is -2.45. The summed E-state index contributed by atoms with van der Waals surface area (Å²) in [6, 6.07) is 0. The lowest BCUT2D eigenvalue weighted by molar-refractivity contribution is -0.133. The summed E-state index contributed by atoms with van der Waals surface area (Å²) in [6.45, 7) is 7.17. The molecule has 3 aliphatic rings. The number of carbonyl (C=O) groups is 1. The van der Waals surface area contributed by atoms with Crippen molar-refractivity contribution < 1.29 is 13.6 Å². The molecule has 1 aliphatic heterocycles. The summed E-state index contributed by atoms with van der Waals surface area (Å²) in [6.07, 6.45) is 2.85. The number of nitrogens with one attached hydrogen (secondary N) is 1. The largest absolute Gasteiger partial charge is 0.343 e. The molecule has 1 aromatic rings. The highest BCUT2D eigenvalue weighted by Crippen LogP contribution is 2.51. The van der Waals surface area contributed by atoms with E-state index in [1.807, 2.05) is 20.8 Å². The molecule has 2 fully saturated rings. The summed E-state index contributed by atoms with van der Waals surface area (Å²) < 4.78 is 26.2. The van der Waals surface area contributed by atoms with E-state index < -0.39 is 11.8 Å². The third-order valence-corrected chi connectivity index (χ3v) is 6.53. The molecule has 1 saturated carbocycles. The van der Waals surface area contributed by atoms with E-state index in [0.29, 0.717) is 25.3 Å². The zero-order valence-corrected chi connectivity index (χ0v) is 16.2. The molecule has 1 aromatic heterocycles. The maximum atomic E-state index is 13.1. The summed E-state index contributed by atoms with van der Waals surface area (Å²) in [7, 11) is 0. The van der Waals surface area contributed by atoms with Crippen LogP contribution in [0.25, 0.3) is 0 Å². The average molecular weight is 379 g/mol. The van der Waals surface area contributed by atoms with Crippen molar-refractivity contribution >= 4 is 5.91 Å². The van der Waals surface area contributed by atoms with Crippen LogP contribution in [0.4, 0.5) is 8.78 Å². The minimum atomic E-state index is -2.65. The first-order valence-electron chi connectivity index (χ1n) is 9.82. The van der Waals surface area contributed by atoms with Crippen LogP contribution in [0.3, 0.4) is 0 Å². The number of halogens is 2. The number of hydrogen-bond acceptors (Lipinski definition) is 3. The molecule has 0 bridgehead atoms. The molecule has 1 saturated heterocycles. The molecule has 7 heteroatoms. The molecule has 0 radical (unpaired) electrons. The Kier molecular flexibility index (Phi) is 4.02. The number of amides is 1. The van der Waals surface area contributed by atoms with E-state index in [2.05, 4.69) is 4.98 Å². The van der Waals surface area contributed by atoms with Crippen molar-refractivity contribution in [3.63, 3.8) is 0 Å². The molecule has 148 valence electrons. The van der Waals surface area contributed by atoms with Crippen molar-refractivity contribution in [2.75, 3.05) is 13.1 Å². The zero-order valence-electron chi connectivity index (χ0n) is 16.2. The van der Waals surface area contributed by atoms with Crippen molar-refractivity contribution in [1.82, 2.24) is 14.9 Å². The number of nitrogens with zero attached hydrogens (tertiary/aromatic N) is 2. The lowest BCUT2D eigenvalue weighted by atomic mass is 9.76. The Bertz CT molecular complexity index is 833. The van der Waals surface area contributed by atoms with Gasteiger partial charge in [-0.2, -0.15) is 0 Å². The molecule has 27 heavy (non-hydrogen) atoms. The van der Waals surface area contributed by atoms with Crippen LogP contribution in [0.2, 0.25) is 0 Å². The minimum absolute atomic E-state index is 0.0451. The zero-order chi connectivity index (χ0) is 19.6. The van der Waals surface area contributed by atoms with Crippen molar-refractivity contribution in [2.24, 2.45) is 5.92 Å². The first-order chi connectivity index (χ1) is 12.5. The summed E-state index contributed by atoms with van der Waals surface area (Å²) >= 11 is 0. The molecule has 2 aliphatic carbocycles. The van der Waals surface area contributed by atoms with Crippen molar-refractivity contribution in [2.45, 2.75) is 76.0 Å². The molecule has 1 amide bonds. The van der Waals surface area contributed by atoms with Gasteiger partial charge >= 0.3 is 0 Å². The quantitative estimate of drug-likeness (QED) is 0.859. The first-order valence-corrected chi connectivity index (χ1v) is 9.82. The number of H-pyrrole nitrogens is 1. The normalized spacial score (nSPS) is 25.5. The Morgan fingerprint density at radius 3 is 2.44 bits per heavy atom. The van der Waals surface area contributed by atoms with Gasteiger partial charge in [-0.15, -0.1) is 0 Å². The third-order valence-electron chi connectivity index (χ3n) is 6.53. The monoisotopic (exact) mass is 379 g/mol. The van der Waals surface area contributed by atoms with Crippen molar-refractivity contribution in [3.8, 4) is 0 Å². The van der Waals surface area contributed by atoms with Crippen molar-refractivity contribution in [3.05, 3.63) is 27.4 Å². The van der Waals surface area contributed by atoms with Gasteiger partial charge in [-0.1, -0.05) is 20.8 Å². The van der Waals surface area contributed by atoms with Gasteiger partial charge in [-0.05, 0) is 25.7 Å². The number of aromatic amines is 1. The maximum Gasteiger partial charge on any atom is 0.254 e. The van der Waals surface area contributed by atoms with E-state index in [-0.39, 0.29) is 35.1 Å². The average Bonchev–Trinajstić information content (AvgIpc) is 3.02. The molecular formula is C20H27F2N3O2. The number of carbonyl (C=O) groups excluding carboxylic acids is 1. The molecule has 5 nitrogen and oxygen atoms in total. The molecule has 1 N–H and O–H groups in total. The van der Waals surface area contributed by atoms with Gasteiger partial charge in [0, 0.05) is 48.2 Å². The lowest BCUT2D eigenvalue weighted by Gasteiger charge is -2.39. The smallest absolute Gasteiger partial charge is 0.254 e. The van der Waals surface area contributed by atoms with Gasteiger partial charge in [0.1, 0.15) is 5.82 Å². The number of alkyl halides is 2. The van der Waals surface area contributed by atoms with Crippen LogP contribution in [0, 0.1) is 5.92 Å². The highest BCUT2D eigenvalue weighted by Gasteiger charge is 2.57. The fourth-order valence-electron chi connectivity index (χ4n) is 4.51.